The van der Waals surface area contributed by atoms with E-state index >= 15 is 0 Å². The number of methoxy groups -OCH3 is 3. The molecule has 0 saturated carbocycles. The molecular weight excluding hydrogens is 436 g/mol. The SMILES string of the molecule is CCCN(CCCCCCNCCc1ccc(OC)cc1)[C@H]1CCc2c(ccc(OC)c2OC)C1. The fraction of sp³-hybridized carbons (Fsp3) is 0.600. The first-order chi connectivity index (χ1) is 17.2. The van der Waals surface area contributed by atoms with Crippen molar-refractivity contribution >= 4 is 0 Å². The van der Waals surface area contributed by atoms with E-state index in [-0.39, 0.29) is 0 Å². The summed E-state index contributed by atoms with van der Waals surface area (Å²) in [5.41, 5.74) is 4.14. The zero-order valence-electron chi connectivity index (χ0n) is 22.4. The summed E-state index contributed by atoms with van der Waals surface area (Å²) < 4.78 is 16.4. The van der Waals surface area contributed by atoms with E-state index in [1.165, 1.54) is 68.3 Å². The van der Waals surface area contributed by atoms with Crippen LogP contribution in [0.5, 0.6) is 17.2 Å². The number of rotatable bonds is 16. The Hall–Kier alpha value is -2.24. The minimum Gasteiger partial charge on any atom is -0.497 e. The molecule has 0 fully saturated rings. The number of nitrogens with one attached hydrogen (secondary N) is 1. The van der Waals surface area contributed by atoms with Gasteiger partial charge in [-0.25, -0.2) is 0 Å². The van der Waals surface area contributed by atoms with Crippen molar-refractivity contribution < 1.29 is 14.2 Å². The quantitative estimate of drug-likeness (QED) is 0.312. The summed E-state index contributed by atoms with van der Waals surface area (Å²) in [5.74, 6) is 2.71. The van der Waals surface area contributed by atoms with E-state index in [1.807, 2.05) is 12.1 Å². The molecular formula is C30H46N2O3. The molecule has 0 heterocycles. The molecule has 0 spiro atoms. The van der Waals surface area contributed by atoms with Gasteiger partial charge in [-0.3, -0.25) is 0 Å². The Kier molecular flexibility index (Phi) is 11.7. The molecule has 5 nitrogen and oxygen atoms in total. The van der Waals surface area contributed by atoms with Crippen molar-refractivity contribution in [3.05, 3.63) is 53.1 Å². The highest BCUT2D eigenvalue weighted by Crippen LogP contribution is 2.38. The Morgan fingerprint density at radius 2 is 1.66 bits per heavy atom. The van der Waals surface area contributed by atoms with Crippen molar-refractivity contribution in [2.75, 3.05) is 47.5 Å². The van der Waals surface area contributed by atoms with Gasteiger partial charge in [-0.2, -0.15) is 0 Å². The highest BCUT2D eigenvalue weighted by molar-refractivity contribution is 5.52. The highest BCUT2D eigenvalue weighted by Gasteiger charge is 2.27. The van der Waals surface area contributed by atoms with Crippen molar-refractivity contribution in [2.24, 2.45) is 0 Å². The summed E-state index contributed by atoms with van der Waals surface area (Å²) >= 11 is 0. The molecule has 5 heteroatoms. The van der Waals surface area contributed by atoms with E-state index in [0.29, 0.717) is 6.04 Å². The summed E-state index contributed by atoms with van der Waals surface area (Å²) in [6.07, 6.45) is 10.8. The van der Waals surface area contributed by atoms with Crippen LogP contribution < -0.4 is 19.5 Å². The van der Waals surface area contributed by atoms with E-state index in [9.17, 15) is 0 Å². The van der Waals surface area contributed by atoms with Crippen molar-refractivity contribution in [3.63, 3.8) is 0 Å². The second kappa shape index (κ2) is 15.0. The first-order valence-corrected chi connectivity index (χ1v) is 13.5. The molecule has 0 unspecified atom stereocenters. The van der Waals surface area contributed by atoms with E-state index < -0.39 is 0 Å². The van der Waals surface area contributed by atoms with E-state index in [0.717, 1.165) is 49.6 Å². The van der Waals surface area contributed by atoms with Crippen LogP contribution >= 0.6 is 0 Å². The van der Waals surface area contributed by atoms with Crippen molar-refractivity contribution in [2.45, 2.75) is 70.8 Å². The fourth-order valence-electron chi connectivity index (χ4n) is 5.31. The van der Waals surface area contributed by atoms with Gasteiger partial charge in [-0.15, -0.1) is 0 Å². The molecule has 2 aromatic rings. The van der Waals surface area contributed by atoms with Gasteiger partial charge in [0.05, 0.1) is 21.3 Å². The molecule has 0 radical (unpaired) electrons. The topological polar surface area (TPSA) is 43.0 Å². The normalized spacial score (nSPS) is 15.2. The molecule has 194 valence electrons. The molecule has 0 aliphatic heterocycles. The fourth-order valence-corrected chi connectivity index (χ4v) is 5.31. The van der Waals surface area contributed by atoms with Crippen molar-refractivity contribution in [1.82, 2.24) is 10.2 Å². The zero-order chi connectivity index (χ0) is 24.9. The summed E-state index contributed by atoms with van der Waals surface area (Å²) in [6, 6.07) is 13.3. The maximum atomic E-state index is 5.69. The second-order valence-corrected chi connectivity index (χ2v) is 9.63. The lowest BCUT2D eigenvalue weighted by atomic mass is 9.86. The van der Waals surface area contributed by atoms with Gasteiger partial charge in [-0.05, 0) is 100 Å². The van der Waals surface area contributed by atoms with Gasteiger partial charge in [-0.1, -0.05) is 38.0 Å². The molecule has 1 aliphatic rings. The van der Waals surface area contributed by atoms with Crippen LogP contribution in [0, 0.1) is 0 Å². The largest absolute Gasteiger partial charge is 0.497 e. The molecule has 2 aromatic carbocycles. The summed E-state index contributed by atoms with van der Waals surface area (Å²) in [6.45, 7) is 6.86. The Labute approximate surface area is 213 Å². The number of hydrogen-bond donors (Lipinski definition) is 1. The third-order valence-electron chi connectivity index (χ3n) is 7.25. The molecule has 0 bridgehead atoms. The lowest BCUT2D eigenvalue weighted by Gasteiger charge is -2.36. The third kappa shape index (κ3) is 8.15. The number of hydrogen-bond acceptors (Lipinski definition) is 5. The number of benzene rings is 2. The first-order valence-electron chi connectivity index (χ1n) is 13.5. The molecule has 3 rings (SSSR count). The molecule has 0 amide bonds. The lowest BCUT2D eigenvalue weighted by Crippen LogP contribution is -2.40. The second-order valence-electron chi connectivity index (χ2n) is 9.63. The van der Waals surface area contributed by atoms with E-state index in [4.69, 9.17) is 14.2 Å². The summed E-state index contributed by atoms with van der Waals surface area (Å²) in [4.78, 5) is 2.74. The van der Waals surface area contributed by atoms with Crippen LogP contribution in [-0.2, 0) is 19.3 Å². The van der Waals surface area contributed by atoms with E-state index in [1.54, 1.807) is 21.3 Å². The Bertz CT molecular complexity index is 869. The predicted octanol–water partition coefficient (Wildman–Crippen LogP) is 5.67. The summed E-state index contributed by atoms with van der Waals surface area (Å²) in [7, 11) is 5.18. The van der Waals surface area contributed by atoms with E-state index in [2.05, 4.69) is 41.4 Å². The Balaban J connectivity index is 1.33. The number of fused-ring (bicyclic) bond motifs is 1. The average Bonchev–Trinajstić information content (AvgIpc) is 2.90. The Morgan fingerprint density at radius 3 is 2.37 bits per heavy atom. The van der Waals surface area contributed by atoms with Crippen LogP contribution in [0.4, 0.5) is 0 Å². The maximum absolute atomic E-state index is 5.69. The maximum Gasteiger partial charge on any atom is 0.164 e. The van der Waals surface area contributed by atoms with Crippen LogP contribution in [-0.4, -0.2) is 58.5 Å². The van der Waals surface area contributed by atoms with Crippen LogP contribution in [0.15, 0.2) is 36.4 Å². The van der Waals surface area contributed by atoms with Gasteiger partial charge < -0.3 is 24.4 Å². The van der Waals surface area contributed by atoms with Crippen LogP contribution in [0.3, 0.4) is 0 Å². The molecule has 0 aromatic heterocycles. The zero-order valence-corrected chi connectivity index (χ0v) is 22.4. The minimum absolute atomic E-state index is 0.639. The van der Waals surface area contributed by atoms with Gasteiger partial charge in [0.1, 0.15) is 5.75 Å². The van der Waals surface area contributed by atoms with Gasteiger partial charge in [0.15, 0.2) is 11.5 Å². The van der Waals surface area contributed by atoms with Gasteiger partial charge in [0, 0.05) is 11.6 Å². The highest BCUT2D eigenvalue weighted by atomic mass is 16.5. The summed E-state index contributed by atoms with van der Waals surface area (Å²) in [5, 5.41) is 3.60. The number of nitrogens with zero attached hydrogens (tertiary/aromatic N) is 1. The molecule has 1 N–H and O–H groups in total. The van der Waals surface area contributed by atoms with Crippen molar-refractivity contribution in [1.29, 1.82) is 0 Å². The standard InChI is InChI=1S/C30H46N2O3/c1-5-21-32(26-13-16-28-25(23-26)12-17-29(34-3)30(28)35-4)22-9-7-6-8-19-31-20-18-24-10-14-27(33-2)15-11-24/h10-12,14-15,17,26,31H,5-9,13,16,18-23H2,1-4H3/t26-/m0/s1. The first kappa shape index (κ1) is 27.3. The van der Waals surface area contributed by atoms with Gasteiger partial charge >= 0.3 is 0 Å². The van der Waals surface area contributed by atoms with Crippen LogP contribution in [0.1, 0.15) is 62.1 Å². The van der Waals surface area contributed by atoms with Gasteiger partial charge in [0.2, 0.25) is 0 Å². The smallest absolute Gasteiger partial charge is 0.164 e. The van der Waals surface area contributed by atoms with Crippen LogP contribution in [0.2, 0.25) is 0 Å². The van der Waals surface area contributed by atoms with Crippen molar-refractivity contribution in [3.8, 4) is 17.2 Å². The Morgan fingerprint density at radius 1 is 0.857 bits per heavy atom. The molecule has 1 atom stereocenters. The minimum atomic E-state index is 0.639. The monoisotopic (exact) mass is 482 g/mol. The van der Waals surface area contributed by atoms with Crippen LogP contribution in [0.25, 0.3) is 0 Å². The molecule has 1 aliphatic carbocycles. The number of ether oxygens (including phenoxy) is 3. The number of unbranched alkanes of at least 4 members (excludes halogenated alkanes) is 3. The average molecular weight is 483 g/mol. The molecule has 35 heavy (non-hydrogen) atoms. The predicted molar refractivity (Wildman–Crippen MR) is 145 cm³/mol. The lowest BCUT2D eigenvalue weighted by molar-refractivity contribution is 0.175. The van der Waals surface area contributed by atoms with Gasteiger partial charge in [0.25, 0.3) is 0 Å². The third-order valence-corrected chi connectivity index (χ3v) is 7.25. The molecule has 0 saturated heterocycles.